The van der Waals surface area contributed by atoms with Gasteiger partial charge in [0.25, 0.3) is 0 Å². The number of rotatable bonds is 7. The first-order chi connectivity index (χ1) is 8.03. The summed E-state index contributed by atoms with van der Waals surface area (Å²) in [6.07, 6.45) is 5.04. The number of unbranched alkanes of at least 4 members (excludes halogenated alkanes) is 2. The van der Waals surface area contributed by atoms with Gasteiger partial charge in [0.2, 0.25) is 0 Å². The van der Waals surface area contributed by atoms with Crippen molar-refractivity contribution in [3.05, 3.63) is 15.6 Å². The predicted molar refractivity (Wildman–Crippen MR) is 76.8 cm³/mol. The second-order valence-corrected chi connectivity index (χ2v) is 6.18. The lowest BCUT2D eigenvalue weighted by atomic mass is 9.95. The van der Waals surface area contributed by atoms with Crippen molar-refractivity contribution >= 4 is 11.3 Å². The molecule has 1 unspecified atom stereocenters. The number of hydrogen-bond donors (Lipinski definition) is 1. The zero-order chi connectivity index (χ0) is 12.9. The van der Waals surface area contributed by atoms with Gasteiger partial charge < -0.3 is 5.32 Å². The summed E-state index contributed by atoms with van der Waals surface area (Å²) in [5, 5.41) is 4.88. The van der Waals surface area contributed by atoms with Crippen molar-refractivity contribution in [1.82, 2.24) is 10.3 Å². The molecule has 0 fully saturated rings. The third-order valence-corrected chi connectivity index (χ3v) is 4.68. The SMILES string of the molecule is CCCCCC(C)(NCC)c1nc(C)c(C)s1. The molecule has 1 aromatic rings. The van der Waals surface area contributed by atoms with Crippen LogP contribution in [0.3, 0.4) is 0 Å². The highest BCUT2D eigenvalue weighted by molar-refractivity contribution is 7.11. The van der Waals surface area contributed by atoms with E-state index in [9.17, 15) is 0 Å². The van der Waals surface area contributed by atoms with Gasteiger partial charge in [0.05, 0.1) is 11.2 Å². The van der Waals surface area contributed by atoms with E-state index in [0.717, 1.165) is 6.54 Å². The molecule has 0 bridgehead atoms. The first-order valence-electron chi connectivity index (χ1n) is 6.73. The second kappa shape index (κ2) is 6.50. The van der Waals surface area contributed by atoms with Crippen LogP contribution in [0.2, 0.25) is 0 Å². The Morgan fingerprint density at radius 1 is 1.24 bits per heavy atom. The first-order valence-corrected chi connectivity index (χ1v) is 7.54. The molecule has 0 saturated heterocycles. The van der Waals surface area contributed by atoms with E-state index in [1.54, 1.807) is 0 Å². The van der Waals surface area contributed by atoms with Crippen LogP contribution in [0.5, 0.6) is 0 Å². The molecule has 0 radical (unpaired) electrons. The summed E-state index contributed by atoms with van der Waals surface area (Å²) in [6, 6.07) is 0. The van der Waals surface area contributed by atoms with E-state index in [4.69, 9.17) is 4.98 Å². The Morgan fingerprint density at radius 2 is 1.94 bits per heavy atom. The number of thiazole rings is 1. The van der Waals surface area contributed by atoms with Crippen LogP contribution in [0.15, 0.2) is 0 Å². The van der Waals surface area contributed by atoms with E-state index in [-0.39, 0.29) is 5.54 Å². The Bertz CT molecular complexity index is 326. The number of hydrogen-bond acceptors (Lipinski definition) is 3. The number of aryl methyl sites for hydroxylation is 2. The fourth-order valence-electron chi connectivity index (χ4n) is 2.10. The zero-order valence-electron chi connectivity index (χ0n) is 11.9. The maximum absolute atomic E-state index is 4.74. The molecule has 0 spiro atoms. The third kappa shape index (κ3) is 3.78. The van der Waals surface area contributed by atoms with Crippen molar-refractivity contribution in [2.75, 3.05) is 6.54 Å². The molecule has 1 heterocycles. The Labute approximate surface area is 110 Å². The molecule has 1 N–H and O–H groups in total. The molecular weight excluding hydrogens is 228 g/mol. The molecule has 0 aromatic carbocycles. The maximum Gasteiger partial charge on any atom is 0.113 e. The first kappa shape index (κ1) is 14.7. The maximum atomic E-state index is 4.74. The van der Waals surface area contributed by atoms with E-state index in [2.05, 4.69) is 39.9 Å². The Balaban J connectivity index is 2.82. The van der Waals surface area contributed by atoms with Crippen LogP contribution in [-0.4, -0.2) is 11.5 Å². The largest absolute Gasteiger partial charge is 0.306 e. The molecule has 1 aromatic heterocycles. The molecule has 2 nitrogen and oxygen atoms in total. The lowest BCUT2D eigenvalue weighted by Crippen LogP contribution is -2.39. The van der Waals surface area contributed by atoms with Crippen molar-refractivity contribution < 1.29 is 0 Å². The van der Waals surface area contributed by atoms with Crippen molar-refractivity contribution in [3.8, 4) is 0 Å². The number of nitrogens with one attached hydrogen (secondary N) is 1. The van der Waals surface area contributed by atoms with Gasteiger partial charge in [-0.25, -0.2) is 4.98 Å². The van der Waals surface area contributed by atoms with Gasteiger partial charge >= 0.3 is 0 Å². The summed E-state index contributed by atoms with van der Waals surface area (Å²) in [5.41, 5.74) is 1.25. The molecule has 17 heavy (non-hydrogen) atoms. The normalized spacial score (nSPS) is 14.9. The van der Waals surface area contributed by atoms with E-state index < -0.39 is 0 Å². The highest BCUT2D eigenvalue weighted by Gasteiger charge is 2.28. The minimum Gasteiger partial charge on any atom is -0.306 e. The Hall–Kier alpha value is -0.410. The quantitative estimate of drug-likeness (QED) is 0.739. The average molecular weight is 254 g/mol. The molecule has 0 aliphatic rings. The topological polar surface area (TPSA) is 24.9 Å². The van der Waals surface area contributed by atoms with E-state index in [0.29, 0.717) is 0 Å². The van der Waals surface area contributed by atoms with Gasteiger partial charge in [0.1, 0.15) is 5.01 Å². The summed E-state index contributed by atoms with van der Waals surface area (Å²) >= 11 is 1.85. The van der Waals surface area contributed by atoms with Crippen LogP contribution in [0.4, 0.5) is 0 Å². The van der Waals surface area contributed by atoms with Crippen molar-refractivity contribution in [2.45, 2.75) is 65.8 Å². The highest BCUT2D eigenvalue weighted by atomic mass is 32.1. The molecule has 98 valence electrons. The summed E-state index contributed by atoms with van der Waals surface area (Å²) in [4.78, 5) is 6.08. The van der Waals surface area contributed by atoms with Gasteiger partial charge in [0.15, 0.2) is 0 Å². The van der Waals surface area contributed by atoms with Gasteiger partial charge in [-0.1, -0.05) is 33.1 Å². The van der Waals surface area contributed by atoms with Crippen molar-refractivity contribution in [1.29, 1.82) is 0 Å². The fourth-order valence-corrected chi connectivity index (χ4v) is 3.16. The monoisotopic (exact) mass is 254 g/mol. The lowest BCUT2D eigenvalue weighted by Gasteiger charge is -2.28. The molecular formula is C14H26N2S. The minimum absolute atomic E-state index is 0.0631. The predicted octanol–water partition coefficient (Wildman–Crippen LogP) is 4.16. The average Bonchev–Trinajstić information content (AvgIpc) is 2.61. The van der Waals surface area contributed by atoms with Crippen LogP contribution in [-0.2, 0) is 5.54 Å². The number of nitrogens with zero attached hydrogens (tertiary/aromatic N) is 1. The number of aromatic nitrogens is 1. The molecule has 1 rings (SSSR count). The molecule has 3 heteroatoms. The standard InChI is InChI=1S/C14H26N2S/c1-6-8-9-10-14(5,15-7-2)13-16-11(3)12(4)17-13/h15H,6-10H2,1-5H3. The van der Waals surface area contributed by atoms with Gasteiger partial charge in [-0.2, -0.15) is 0 Å². The Kier molecular flexibility index (Phi) is 5.60. The molecule has 0 aliphatic heterocycles. The zero-order valence-corrected chi connectivity index (χ0v) is 12.7. The molecule has 1 atom stereocenters. The van der Waals surface area contributed by atoms with Crippen molar-refractivity contribution in [2.24, 2.45) is 0 Å². The third-order valence-electron chi connectivity index (χ3n) is 3.35. The van der Waals surface area contributed by atoms with E-state index >= 15 is 0 Å². The highest BCUT2D eigenvalue weighted by Crippen LogP contribution is 2.31. The van der Waals surface area contributed by atoms with Gasteiger partial charge in [-0.05, 0) is 33.7 Å². The van der Waals surface area contributed by atoms with Crippen molar-refractivity contribution in [3.63, 3.8) is 0 Å². The molecule has 0 aliphatic carbocycles. The van der Waals surface area contributed by atoms with Gasteiger partial charge in [-0.3, -0.25) is 0 Å². The van der Waals surface area contributed by atoms with Crippen LogP contribution < -0.4 is 5.32 Å². The van der Waals surface area contributed by atoms with Gasteiger partial charge in [0, 0.05) is 4.88 Å². The fraction of sp³-hybridized carbons (Fsp3) is 0.786. The minimum atomic E-state index is 0.0631. The molecule has 0 saturated carbocycles. The summed E-state index contributed by atoms with van der Waals surface area (Å²) < 4.78 is 0. The van der Waals surface area contributed by atoms with Gasteiger partial charge in [-0.15, -0.1) is 11.3 Å². The lowest BCUT2D eigenvalue weighted by molar-refractivity contribution is 0.333. The summed E-state index contributed by atoms with van der Waals surface area (Å²) in [6.45, 7) is 12.0. The van der Waals surface area contributed by atoms with E-state index in [1.165, 1.54) is 41.3 Å². The smallest absolute Gasteiger partial charge is 0.113 e. The van der Waals surface area contributed by atoms with E-state index in [1.807, 2.05) is 11.3 Å². The van der Waals surface area contributed by atoms with Crippen LogP contribution in [0.25, 0.3) is 0 Å². The van der Waals surface area contributed by atoms with Crippen LogP contribution in [0.1, 0.15) is 62.0 Å². The second-order valence-electron chi connectivity index (χ2n) is 4.98. The van der Waals surface area contributed by atoms with Crippen LogP contribution >= 0.6 is 11.3 Å². The molecule has 0 amide bonds. The summed E-state index contributed by atoms with van der Waals surface area (Å²) in [7, 11) is 0. The van der Waals surface area contributed by atoms with Crippen LogP contribution in [0, 0.1) is 13.8 Å². The Morgan fingerprint density at radius 3 is 2.41 bits per heavy atom. The summed E-state index contributed by atoms with van der Waals surface area (Å²) in [5.74, 6) is 0.